The normalized spacial score (nSPS) is 14.5. The van der Waals surface area contributed by atoms with Crippen molar-refractivity contribution in [3.8, 4) is 0 Å². The van der Waals surface area contributed by atoms with Gasteiger partial charge in [0.05, 0.1) is 26.4 Å². The van der Waals surface area contributed by atoms with Gasteiger partial charge in [-0.1, -0.05) is 290 Å². The van der Waals surface area contributed by atoms with Crippen molar-refractivity contribution in [2.24, 2.45) is 0 Å². The second kappa shape index (κ2) is 74.7. The highest BCUT2D eigenvalue weighted by molar-refractivity contribution is 7.47. The molecule has 0 heterocycles. The Hall–Kier alpha value is -4.54. The Labute approximate surface area is 619 Å². The highest BCUT2D eigenvalue weighted by Crippen LogP contribution is 2.45. The molecule has 0 aliphatic carbocycles. The molecule has 586 valence electrons. The average Bonchev–Trinajstić information content (AvgIpc) is 0.909. The molecule has 17 nitrogen and oxygen atoms in total. The zero-order valence-corrected chi connectivity index (χ0v) is 65.8. The summed E-state index contributed by atoms with van der Waals surface area (Å²) in [5, 5.41) is 10.6. The third-order valence-corrected chi connectivity index (χ3v) is 18.3. The number of hydrogen-bond acceptors (Lipinski definition) is 15. The average molecular weight is 1470 g/mol. The maximum absolute atomic E-state index is 13.1. The molecular weight excluding hydrogens is 1330 g/mol. The first-order valence-corrected chi connectivity index (χ1v) is 42.8. The summed E-state index contributed by atoms with van der Waals surface area (Å²) in [6.07, 6.45) is 81.7. The predicted molar refractivity (Wildman–Crippen MR) is 418 cm³/mol. The maximum atomic E-state index is 13.1. The minimum absolute atomic E-state index is 0.0733. The molecule has 0 radical (unpaired) electrons. The lowest BCUT2D eigenvalue weighted by molar-refractivity contribution is -0.161. The molecule has 0 bridgehead atoms. The molecule has 0 aromatic carbocycles. The number of phosphoric acid groups is 2. The van der Waals surface area contributed by atoms with Crippen molar-refractivity contribution in [2.75, 3.05) is 39.6 Å². The third kappa shape index (κ3) is 73.8. The number of aliphatic hydroxyl groups is 1. The third-order valence-electron chi connectivity index (χ3n) is 16.4. The lowest BCUT2D eigenvalue weighted by Crippen LogP contribution is -2.30. The molecular formula is C83H142O17P2. The molecule has 0 amide bonds. The van der Waals surface area contributed by atoms with Crippen LogP contribution in [0.2, 0.25) is 0 Å². The number of esters is 4. The molecule has 0 aliphatic rings. The second-order valence-corrected chi connectivity index (χ2v) is 29.2. The first-order chi connectivity index (χ1) is 49.7. The van der Waals surface area contributed by atoms with E-state index in [2.05, 4.69) is 149 Å². The van der Waals surface area contributed by atoms with Crippen LogP contribution >= 0.6 is 15.6 Å². The van der Waals surface area contributed by atoms with Gasteiger partial charge in [-0.15, -0.1) is 0 Å². The lowest BCUT2D eigenvalue weighted by atomic mass is 10.0. The molecule has 19 heteroatoms. The maximum Gasteiger partial charge on any atom is 0.472 e. The molecule has 0 saturated heterocycles. The Balaban J connectivity index is 5.36. The van der Waals surface area contributed by atoms with E-state index < -0.39 is 97.5 Å². The van der Waals surface area contributed by atoms with E-state index in [4.69, 9.17) is 37.0 Å². The Morgan fingerprint density at radius 1 is 0.284 bits per heavy atom. The van der Waals surface area contributed by atoms with Crippen molar-refractivity contribution in [3.05, 3.63) is 122 Å². The molecule has 102 heavy (non-hydrogen) atoms. The largest absolute Gasteiger partial charge is 0.472 e. The fraction of sp³-hybridized carbons (Fsp3) is 0.711. The molecule has 0 aliphatic heterocycles. The number of unbranched alkanes of at least 4 members (excludes halogenated alkanes) is 28. The van der Waals surface area contributed by atoms with E-state index in [0.717, 1.165) is 193 Å². The van der Waals surface area contributed by atoms with E-state index >= 15 is 0 Å². The summed E-state index contributed by atoms with van der Waals surface area (Å²) < 4.78 is 68.6. The van der Waals surface area contributed by atoms with E-state index in [0.29, 0.717) is 25.7 Å². The highest BCUT2D eigenvalue weighted by atomic mass is 31.2. The quantitative estimate of drug-likeness (QED) is 0.0169. The number of ether oxygens (including phenoxy) is 4. The van der Waals surface area contributed by atoms with Crippen LogP contribution in [-0.4, -0.2) is 96.7 Å². The molecule has 0 saturated carbocycles. The van der Waals surface area contributed by atoms with Crippen LogP contribution in [0.1, 0.15) is 323 Å². The van der Waals surface area contributed by atoms with Gasteiger partial charge in [0.15, 0.2) is 12.2 Å². The summed E-state index contributed by atoms with van der Waals surface area (Å²) in [6.45, 7) is 4.55. The van der Waals surface area contributed by atoms with Crippen LogP contribution in [0, 0.1) is 0 Å². The zero-order valence-electron chi connectivity index (χ0n) is 64.0. The smallest absolute Gasteiger partial charge is 0.462 e. The highest BCUT2D eigenvalue weighted by Gasteiger charge is 2.30. The first-order valence-electron chi connectivity index (χ1n) is 39.8. The van der Waals surface area contributed by atoms with E-state index in [1.165, 1.54) is 51.4 Å². The topological polar surface area (TPSA) is 237 Å². The van der Waals surface area contributed by atoms with Crippen molar-refractivity contribution < 1.29 is 80.2 Å². The Morgan fingerprint density at radius 3 is 0.824 bits per heavy atom. The van der Waals surface area contributed by atoms with E-state index in [1.807, 2.05) is 0 Å². The van der Waals surface area contributed by atoms with Gasteiger partial charge in [-0.05, 0) is 128 Å². The van der Waals surface area contributed by atoms with Gasteiger partial charge < -0.3 is 33.8 Å². The summed E-state index contributed by atoms with van der Waals surface area (Å²) in [5.41, 5.74) is 0. The Morgan fingerprint density at radius 2 is 0.529 bits per heavy atom. The number of allylic oxidation sites excluding steroid dienone is 20. The van der Waals surface area contributed by atoms with Gasteiger partial charge in [-0.2, -0.15) is 0 Å². The number of carbonyl (C=O) groups excluding carboxylic acids is 4. The monoisotopic (exact) mass is 1470 g/mol. The summed E-state index contributed by atoms with van der Waals surface area (Å²) in [6, 6.07) is 0. The molecule has 0 rings (SSSR count). The van der Waals surface area contributed by atoms with Crippen LogP contribution < -0.4 is 0 Å². The zero-order chi connectivity index (χ0) is 74.6. The summed E-state index contributed by atoms with van der Waals surface area (Å²) in [5.74, 6) is -2.22. The summed E-state index contributed by atoms with van der Waals surface area (Å²) >= 11 is 0. The van der Waals surface area contributed by atoms with Crippen LogP contribution in [0.5, 0.6) is 0 Å². The van der Waals surface area contributed by atoms with Gasteiger partial charge in [0.1, 0.15) is 19.3 Å². The number of rotatable bonds is 74. The molecule has 5 atom stereocenters. The van der Waals surface area contributed by atoms with Crippen molar-refractivity contribution in [1.82, 2.24) is 0 Å². The van der Waals surface area contributed by atoms with Gasteiger partial charge in [0.25, 0.3) is 0 Å². The Kier molecular flexibility index (Phi) is 71.4. The van der Waals surface area contributed by atoms with Crippen molar-refractivity contribution in [1.29, 1.82) is 0 Å². The minimum atomic E-state index is -4.98. The van der Waals surface area contributed by atoms with Gasteiger partial charge in [0, 0.05) is 25.7 Å². The predicted octanol–water partition coefficient (Wildman–Crippen LogP) is 23.1. The van der Waals surface area contributed by atoms with Crippen LogP contribution in [0.15, 0.2) is 122 Å². The van der Waals surface area contributed by atoms with Gasteiger partial charge >= 0.3 is 39.5 Å². The van der Waals surface area contributed by atoms with Gasteiger partial charge in [-0.3, -0.25) is 37.3 Å². The standard InChI is InChI=1S/C83H142O17P2/c1-5-9-13-17-21-25-29-33-35-37-38-40-42-46-48-52-56-60-64-68-81(86)94-74-79(100-83(88)70-66-62-58-54-50-44-32-28-24-20-16-12-8-4)76-98-102(91,92)96-72-77(84)71-95-101(89,90)97-75-78(99-82(87)69-65-61-57-53-49-43-31-27-23-19-15-11-7-3)73-93-80(85)67-63-59-55-51-47-45-41-39-36-34-30-26-22-18-14-10-6-2/h9-10,13-14,16,20-22,25-26,28,32-36,38,40-41,45,77-79,84H,5-8,11-12,15,17-19,23-24,27,29-31,37,39,42-44,46-76H2,1-4H3,(H,89,90)(H,91,92)/b13-9-,14-10-,20-16-,25-21-,26-22-,32-28-,35-33-,36-34-,40-38-,45-41-. The molecule has 0 aromatic rings. The number of phosphoric ester groups is 2. The second-order valence-electron chi connectivity index (χ2n) is 26.2. The van der Waals surface area contributed by atoms with Gasteiger partial charge in [-0.25, -0.2) is 9.13 Å². The number of aliphatic hydroxyl groups excluding tert-OH is 1. The van der Waals surface area contributed by atoms with E-state index in [1.54, 1.807) is 0 Å². The first kappa shape index (κ1) is 97.5. The fourth-order valence-corrected chi connectivity index (χ4v) is 12.0. The van der Waals surface area contributed by atoms with Crippen molar-refractivity contribution in [2.45, 2.75) is 341 Å². The van der Waals surface area contributed by atoms with Crippen molar-refractivity contribution >= 4 is 39.5 Å². The summed E-state index contributed by atoms with van der Waals surface area (Å²) in [7, 11) is -9.97. The van der Waals surface area contributed by atoms with Crippen LogP contribution in [0.3, 0.4) is 0 Å². The number of carbonyl (C=O) groups is 4. The molecule has 5 unspecified atom stereocenters. The van der Waals surface area contributed by atoms with Crippen LogP contribution in [0.4, 0.5) is 0 Å². The molecule has 0 aromatic heterocycles. The number of hydrogen-bond donors (Lipinski definition) is 3. The summed E-state index contributed by atoms with van der Waals surface area (Å²) in [4.78, 5) is 73.0. The Bertz CT molecular complexity index is 2410. The van der Waals surface area contributed by atoms with Gasteiger partial charge in [0.2, 0.25) is 0 Å². The van der Waals surface area contributed by atoms with Crippen LogP contribution in [-0.2, 0) is 65.4 Å². The minimum Gasteiger partial charge on any atom is -0.462 e. The SMILES string of the molecule is CC/C=C\C/C=C\C/C=C\C/C=C\CCCCCCCCC(=O)OCC(COP(=O)(O)OCC(O)COP(=O)(O)OCC(COC(=O)CCCCCC/C=C\C/C=C\C/C=C\C/C=C\CC)OC(=O)CCCCCCCCCCCCCCC)OC(=O)CCCCCCC/C=C\C/C=C\CCC. The van der Waals surface area contributed by atoms with Crippen molar-refractivity contribution in [3.63, 3.8) is 0 Å². The fourth-order valence-electron chi connectivity index (χ4n) is 10.4. The van der Waals surface area contributed by atoms with E-state index in [-0.39, 0.29) is 25.7 Å². The van der Waals surface area contributed by atoms with Crippen LogP contribution in [0.25, 0.3) is 0 Å². The lowest BCUT2D eigenvalue weighted by Gasteiger charge is -2.21. The molecule has 0 fully saturated rings. The van der Waals surface area contributed by atoms with E-state index in [9.17, 15) is 43.2 Å². The molecule has 0 spiro atoms. The molecule has 3 N–H and O–H groups in total.